The highest BCUT2D eigenvalue weighted by atomic mass is 16.1. The highest BCUT2D eigenvalue weighted by Crippen LogP contribution is 2.30. The van der Waals surface area contributed by atoms with Gasteiger partial charge in [-0.15, -0.1) is 0 Å². The molecule has 0 atom stereocenters. The van der Waals surface area contributed by atoms with Crippen LogP contribution >= 0.6 is 0 Å². The molecule has 1 aliphatic carbocycles. The molecule has 0 bridgehead atoms. The summed E-state index contributed by atoms with van der Waals surface area (Å²) < 4.78 is 0. The Kier molecular flexibility index (Phi) is 2.72. The Morgan fingerprint density at radius 1 is 1.28 bits per heavy atom. The van der Waals surface area contributed by atoms with Crippen LogP contribution in [0.25, 0.3) is 11.0 Å². The first-order valence-electron chi connectivity index (χ1n) is 6.35. The largest absolute Gasteiger partial charge is 0.324 e. The van der Waals surface area contributed by atoms with E-state index in [0.717, 1.165) is 43.4 Å². The maximum Gasteiger partial charge on any atom is 0.323 e. The van der Waals surface area contributed by atoms with Crippen LogP contribution in [0.15, 0.2) is 23.0 Å². The first-order valence-corrected chi connectivity index (χ1v) is 6.35. The van der Waals surface area contributed by atoms with Gasteiger partial charge in [0.15, 0.2) is 0 Å². The molecule has 5 nitrogen and oxygen atoms in total. The monoisotopic (exact) mass is 246 g/mol. The van der Waals surface area contributed by atoms with Gasteiger partial charge in [0.25, 0.3) is 0 Å². The van der Waals surface area contributed by atoms with E-state index in [0.29, 0.717) is 0 Å². The lowest BCUT2D eigenvalue weighted by atomic mass is 10.1. The summed E-state index contributed by atoms with van der Waals surface area (Å²) in [6.45, 7) is 1.81. The Morgan fingerprint density at radius 3 is 2.83 bits per heavy atom. The molecule has 5 N–H and O–H groups in total. The highest BCUT2D eigenvalue weighted by Gasteiger charge is 2.37. The number of imidazole rings is 1. The Labute approximate surface area is 105 Å². The number of nitrogens with two attached hydrogens (primary N) is 1. The zero-order chi connectivity index (χ0) is 12.6. The summed E-state index contributed by atoms with van der Waals surface area (Å²) in [5, 5.41) is 3.38. The number of hydrogen-bond acceptors (Lipinski definition) is 3. The topological polar surface area (TPSA) is 86.7 Å². The minimum atomic E-state index is -0.154. The molecule has 18 heavy (non-hydrogen) atoms. The van der Waals surface area contributed by atoms with Crippen LogP contribution in [0.3, 0.4) is 0 Å². The van der Waals surface area contributed by atoms with Crippen LogP contribution in [-0.2, 0) is 6.42 Å². The van der Waals surface area contributed by atoms with Crippen molar-refractivity contribution in [1.82, 2.24) is 15.3 Å². The summed E-state index contributed by atoms with van der Waals surface area (Å²) in [7, 11) is 0. The minimum Gasteiger partial charge on any atom is -0.324 e. The second kappa shape index (κ2) is 4.26. The molecule has 0 amide bonds. The van der Waals surface area contributed by atoms with Gasteiger partial charge in [-0.3, -0.25) is 0 Å². The van der Waals surface area contributed by atoms with E-state index in [-0.39, 0.29) is 11.2 Å². The molecule has 2 aromatic rings. The highest BCUT2D eigenvalue weighted by molar-refractivity contribution is 5.74. The van der Waals surface area contributed by atoms with Gasteiger partial charge < -0.3 is 21.0 Å². The maximum atomic E-state index is 11.1. The number of hydrogen-bond donors (Lipinski definition) is 4. The van der Waals surface area contributed by atoms with Gasteiger partial charge >= 0.3 is 5.69 Å². The van der Waals surface area contributed by atoms with E-state index in [1.165, 1.54) is 5.56 Å². The van der Waals surface area contributed by atoms with Crippen molar-refractivity contribution >= 4 is 11.0 Å². The summed E-state index contributed by atoms with van der Waals surface area (Å²) in [6, 6.07) is 6.00. The predicted octanol–water partition coefficient (Wildman–Crippen LogP) is 0.480. The minimum absolute atomic E-state index is 0.0653. The van der Waals surface area contributed by atoms with Crippen LogP contribution in [0, 0.1) is 0 Å². The summed E-state index contributed by atoms with van der Waals surface area (Å²) >= 11 is 0. The number of aromatic amines is 2. The fourth-order valence-electron chi connectivity index (χ4n) is 2.14. The van der Waals surface area contributed by atoms with Gasteiger partial charge in [-0.05, 0) is 43.5 Å². The van der Waals surface area contributed by atoms with Crippen molar-refractivity contribution < 1.29 is 0 Å². The van der Waals surface area contributed by atoms with Crippen molar-refractivity contribution in [2.75, 3.05) is 13.1 Å². The third-order valence-electron chi connectivity index (χ3n) is 3.54. The summed E-state index contributed by atoms with van der Waals surface area (Å²) in [5.74, 6) is 0. The van der Waals surface area contributed by atoms with Crippen LogP contribution in [0.5, 0.6) is 0 Å². The van der Waals surface area contributed by atoms with Crippen molar-refractivity contribution in [1.29, 1.82) is 0 Å². The SMILES string of the molecule is NC1(CNCCc2ccc3[nH]c(=O)[nH]c3c2)CC1. The van der Waals surface area contributed by atoms with E-state index < -0.39 is 0 Å². The van der Waals surface area contributed by atoms with Gasteiger partial charge in [-0.1, -0.05) is 6.07 Å². The van der Waals surface area contributed by atoms with Crippen LogP contribution in [0.1, 0.15) is 18.4 Å². The zero-order valence-corrected chi connectivity index (χ0v) is 10.3. The van der Waals surface area contributed by atoms with E-state index in [4.69, 9.17) is 5.73 Å². The number of nitrogens with one attached hydrogen (secondary N) is 3. The Hall–Kier alpha value is -1.59. The first-order chi connectivity index (χ1) is 8.65. The molecular formula is C13H18N4O. The van der Waals surface area contributed by atoms with E-state index in [9.17, 15) is 4.79 Å². The van der Waals surface area contributed by atoms with Crippen molar-refractivity contribution in [3.63, 3.8) is 0 Å². The van der Waals surface area contributed by atoms with Gasteiger partial charge in [-0.25, -0.2) is 4.79 Å². The number of rotatable bonds is 5. The number of benzene rings is 1. The van der Waals surface area contributed by atoms with Gasteiger partial charge in [0.1, 0.15) is 0 Å². The molecule has 0 saturated heterocycles. The first kappa shape index (κ1) is 11.5. The predicted molar refractivity (Wildman–Crippen MR) is 71.6 cm³/mol. The molecule has 0 radical (unpaired) electrons. The molecular weight excluding hydrogens is 228 g/mol. The van der Waals surface area contributed by atoms with Crippen LogP contribution in [0.4, 0.5) is 0 Å². The third-order valence-corrected chi connectivity index (χ3v) is 3.54. The average Bonchev–Trinajstić information content (AvgIpc) is 2.94. The molecule has 1 aromatic carbocycles. The summed E-state index contributed by atoms with van der Waals surface area (Å²) in [5.41, 5.74) is 8.85. The van der Waals surface area contributed by atoms with Crippen molar-refractivity contribution in [2.45, 2.75) is 24.8 Å². The standard InChI is InChI=1S/C13H18N4O/c14-13(4-5-13)8-15-6-3-9-1-2-10-11(7-9)17-12(18)16-10/h1-2,7,15H,3-6,8,14H2,(H2,16,17,18). The molecule has 1 aliphatic rings. The Morgan fingerprint density at radius 2 is 2.06 bits per heavy atom. The van der Waals surface area contributed by atoms with Crippen molar-refractivity contribution in [3.05, 3.63) is 34.2 Å². The summed E-state index contributed by atoms with van der Waals surface area (Å²) in [4.78, 5) is 16.7. The van der Waals surface area contributed by atoms with E-state index >= 15 is 0 Å². The number of fused-ring (bicyclic) bond motifs is 1. The van der Waals surface area contributed by atoms with Crippen LogP contribution in [-0.4, -0.2) is 28.6 Å². The van der Waals surface area contributed by atoms with E-state index in [1.807, 2.05) is 18.2 Å². The molecule has 5 heteroatoms. The normalized spacial score (nSPS) is 17.2. The van der Waals surface area contributed by atoms with Gasteiger partial charge in [-0.2, -0.15) is 0 Å². The average molecular weight is 246 g/mol. The Balaban J connectivity index is 1.58. The molecule has 0 aliphatic heterocycles. The lowest BCUT2D eigenvalue weighted by Gasteiger charge is -2.09. The van der Waals surface area contributed by atoms with Gasteiger partial charge in [0.05, 0.1) is 11.0 Å². The summed E-state index contributed by atoms with van der Waals surface area (Å²) in [6.07, 6.45) is 3.21. The fraction of sp³-hybridized carbons (Fsp3) is 0.462. The van der Waals surface area contributed by atoms with Gasteiger partial charge in [0.2, 0.25) is 0 Å². The lowest BCUT2D eigenvalue weighted by Crippen LogP contribution is -2.36. The fourth-order valence-corrected chi connectivity index (χ4v) is 2.14. The zero-order valence-electron chi connectivity index (χ0n) is 10.3. The van der Waals surface area contributed by atoms with Crippen LogP contribution in [0.2, 0.25) is 0 Å². The third kappa shape index (κ3) is 2.47. The van der Waals surface area contributed by atoms with E-state index in [1.54, 1.807) is 0 Å². The Bertz CT molecular complexity index is 609. The molecule has 0 spiro atoms. The number of H-pyrrole nitrogens is 2. The molecule has 1 heterocycles. The number of aromatic nitrogens is 2. The molecule has 96 valence electrons. The second-order valence-corrected chi connectivity index (χ2v) is 5.25. The molecule has 3 rings (SSSR count). The smallest absolute Gasteiger partial charge is 0.323 e. The van der Waals surface area contributed by atoms with Gasteiger partial charge in [0, 0.05) is 12.1 Å². The van der Waals surface area contributed by atoms with E-state index in [2.05, 4.69) is 15.3 Å². The lowest BCUT2D eigenvalue weighted by molar-refractivity contribution is 0.571. The molecule has 0 unspecified atom stereocenters. The van der Waals surface area contributed by atoms with Crippen LogP contribution < -0.4 is 16.7 Å². The van der Waals surface area contributed by atoms with Crippen molar-refractivity contribution in [2.24, 2.45) is 5.73 Å². The molecule has 1 saturated carbocycles. The molecule has 1 fully saturated rings. The van der Waals surface area contributed by atoms with Crippen molar-refractivity contribution in [3.8, 4) is 0 Å². The maximum absolute atomic E-state index is 11.1. The quantitative estimate of drug-likeness (QED) is 0.579. The second-order valence-electron chi connectivity index (χ2n) is 5.25. The molecule has 1 aromatic heterocycles.